The van der Waals surface area contributed by atoms with Crippen LogP contribution in [0.3, 0.4) is 0 Å². The third-order valence-electron chi connectivity index (χ3n) is 10.9. The van der Waals surface area contributed by atoms with E-state index in [9.17, 15) is 0 Å². The van der Waals surface area contributed by atoms with Gasteiger partial charge in [-0.25, -0.2) is 15.0 Å². The van der Waals surface area contributed by atoms with Crippen LogP contribution >= 0.6 is 0 Å². The molecule has 0 saturated heterocycles. The van der Waals surface area contributed by atoms with E-state index in [1.54, 1.807) is 0 Å². The number of benzene rings is 6. The molecule has 2 heterocycles. The van der Waals surface area contributed by atoms with E-state index in [2.05, 4.69) is 159 Å². The van der Waals surface area contributed by atoms with Gasteiger partial charge in [0.2, 0.25) is 0 Å². The highest BCUT2D eigenvalue weighted by Crippen LogP contribution is 2.49. The largest absolute Gasteiger partial charge is 0.252 e. The predicted octanol–water partition coefficient (Wildman–Crippen LogP) is 11.5. The summed E-state index contributed by atoms with van der Waals surface area (Å²) < 4.78 is 0. The molecule has 0 spiro atoms. The lowest BCUT2D eigenvalue weighted by molar-refractivity contribution is 0.660. The maximum atomic E-state index is 5.22. The second-order valence-corrected chi connectivity index (χ2v) is 14.2. The van der Waals surface area contributed by atoms with Gasteiger partial charge in [0.05, 0.1) is 0 Å². The number of hydrogen-bond donors (Lipinski definition) is 0. The van der Waals surface area contributed by atoms with E-state index in [-0.39, 0.29) is 5.41 Å². The highest BCUT2D eigenvalue weighted by molar-refractivity contribution is 5.89. The molecule has 52 heavy (non-hydrogen) atoms. The third kappa shape index (κ3) is 4.83. The Morgan fingerprint density at radius 1 is 0.404 bits per heavy atom. The summed E-state index contributed by atoms with van der Waals surface area (Å²) in [6.07, 6.45) is 2.80. The second-order valence-electron chi connectivity index (χ2n) is 14.2. The van der Waals surface area contributed by atoms with Crippen LogP contribution in [0, 0.1) is 0 Å². The first-order valence-corrected chi connectivity index (χ1v) is 17.9. The van der Waals surface area contributed by atoms with Gasteiger partial charge in [0.1, 0.15) is 5.69 Å². The lowest BCUT2D eigenvalue weighted by Gasteiger charge is -2.21. The average molecular weight is 667 g/mol. The van der Waals surface area contributed by atoms with E-state index >= 15 is 0 Å². The van der Waals surface area contributed by atoms with Crippen LogP contribution in [0.25, 0.3) is 78.8 Å². The van der Waals surface area contributed by atoms with Gasteiger partial charge in [0.25, 0.3) is 0 Å². The summed E-state index contributed by atoms with van der Waals surface area (Å²) in [6.45, 7) is 4.57. The zero-order chi connectivity index (χ0) is 34.8. The Kier molecular flexibility index (Phi) is 6.87. The number of hydrogen-bond acceptors (Lipinski definition) is 4. The first-order valence-electron chi connectivity index (χ1n) is 17.9. The Morgan fingerprint density at radius 3 is 1.69 bits per heavy atom. The van der Waals surface area contributed by atoms with Crippen LogP contribution in [0.5, 0.6) is 0 Å². The van der Waals surface area contributed by atoms with Gasteiger partial charge in [-0.2, -0.15) is 0 Å². The topological polar surface area (TPSA) is 51.6 Å². The van der Waals surface area contributed by atoms with Crippen molar-refractivity contribution in [3.05, 3.63) is 180 Å². The normalized spacial score (nSPS) is 13.3. The molecule has 2 aliphatic rings. The van der Waals surface area contributed by atoms with Gasteiger partial charge >= 0.3 is 0 Å². The quantitative estimate of drug-likeness (QED) is 0.183. The van der Waals surface area contributed by atoms with Crippen molar-refractivity contribution in [2.24, 2.45) is 0 Å². The van der Waals surface area contributed by atoms with Gasteiger partial charge < -0.3 is 0 Å². The minimum Gasteiger partial charge on any atom is -0.252 e. The molecule has 6 aromatic carbocycles. The number of pyridine rings is 1. The molecule has 4 heteroatoms. The molecule has 10 rings (SSSR count). The molecule has 246 valence electrons. The van der Waals surface area contributed by atoms with E-state index in [0.29, 0.717) is 17.5 Å². The molecule has 0 N–H and O–H groups in total. The van der Waals surface area contributed by atoms with Gasteiger partial charge in [0.15, 0.2) is 17.5 Å². The molecule has 0 bridgehead atoms. The molecule has 8 aromatic rings. The van der Waals surface area contributed by atoms with E-state index in [4.69, 9.17) is 19.9 Å². The molecular weight excluding hydrogens is 633 g/mol. The fourth-order valence-corrected chi connectivity index (χ4v) is 8.23. The van der Waals surface area contributed by atoms with Crippen LogP contribution in [0.4, 0.5) is 0 Å². The second kappa shape index (κ2) is 11.8. The van der Waals surface area contributed by atoms with Crippen molar-refractivity contribution in [1.82, 2.24) is 19.9 Å². The summed E-state index contributed by atoms with van der Waals surface area (Å²) in [5.41, 5.74) is 17.4. The standard InChI is InChI=1S/C48H34N4/c1-48(2)42-22-10-9-17-37(42)41-29-49-44(28-43(41)48)47-51-45(33-25-23-31(24-26-33)30-13-5-3-6-14-30)50-46(52-47)38-21-12-20-36-35-19-11-18-34(39(35)27-40(36)38)32-15-7-4-8-16-32/h3-26,28-29H,27H2,1-2H3. The average Bonchev–Trinajstić information content (AvgIpc) is 3.70. The smallest absolute Gasteiger partial charge is 0.182 e. The Balaban J connectivity index is 1.13. The summed E-state index contributed by atoms with van der Waals surface area (Å²) in [5, 5.41) is 0. The van der Waals surface area contributed by atoms with E-state index in [1.807, 2.05) is 12.3 Å². The first kappa shape index (κ1) is 30.3. The van der Waals surface area contributed by atoms with Crippen LogP contribution in [-0.4, -0.2) is 19.9 Å². The monoisotopic (exact) mass is 666 g/mol. The number of aromatic nitrogens is 4. The van der Waals surface area contributed by atoms with Gasteiger partial charge in [-0.3, -0.25) is 4.98 Å². The fraction of sp³-hybridized carbons (Fsp3) is 0.0833. The van der Waals surface area contributed by atoms with Gasteiger partial charge in [-0.15, -0.1) is 0 Å². The number of nitrogens with zero attached hydrogens (tertiary/aromatic N) is 4. The SMILES string of the molecule is CC1(C)c2ccccc2-c2cnc(-c3nc(-c4ccc(-c5ccccc5)cc4)nc(-c4cccc5c4Cc4c(-c6ccccc6)cccc4-5)n3)cc21. The molecule has 0 aliphatic heterocycles. The molecule has 2 aromatic heterocycles. The van der Waals surface area contributed by atoms with Crippen molar-refractivity contribution in [2.75, 3.05) is 0 Å². The zero-order valence-electron chi connectivity index (χ0n) is 29.0. The highest BCUT2D eigenvalue weighted by atomic mass is 15.0. The van der Waals surface area contributed by atoms with Crippen molar-refractivity contribution in [3.63, 3.8) is 0 Å². The fourth-order valence-electron chi connectivity index (χ4n) is 8.23. The maximum absolute atomic E-state index is 5.22. The van der Waals surface area contributed by atoms with Crippen LogP contribution in [0.2, 0.25) is 0 Å². The molecule has 0 radical (unpaired) electrons. The minimum absolute atomic E-state index is 0.169. The Bertz CT molecular complexity index is 2660. The summed E-state index contributed by atoms with van der Waals surface area (Å²) in [4.78, 5) is 20.6. The molecule has 0 saturated carbocycles. The zero-order valence-corrected chi connectivity index (χ0v) is 29.0. The van der Waals surface area contributed by atoms with Gasteiger partial charge in [-0.05, 0) is 67.3 Å². The van der Waals surface area contributed by atoms with E-state index in [1.165, 1.54) is 61.2 Å². The summed E-state index contributed by atoms with van der Waals surface area (Å²) >= 11 is 0. The van der Waals surface area contributed by atoms with Crippen LogP contribution < -0.4 is 0 Å². The number of fused-ring (bicyclic) bond motifs is 6. The van der Waals surface area contributed by atoms with E-state index in [0.717, 1.165) is 28.8 Å². The van der Waals surface area contributed by atoms with Crippen LogP contribution in [-0.2, 0) is 11.8 Å². The van der Waals surface area contributed by atoms with Crippen molar-refractivity contribution < 1.29 is 0 Å². The molecule has 0 unspecified atom stereocenters. The molecule has 2 aliphatic carbocycles. The van der Waals surface area contributed by atoms with Crippen molar-refractivity contribution >= 4 is 0 Å². The Labute approximate surface area is 303 Å². The minimum atomic E-state index is -0.169. The summed E-state index contributed by atoms with van der Waals surface area (Å²) in [6, 6.07) is 53.6. The molecular formula is C48H34N4. The van der Waals surface area contributed by atoms with Crippen molar-refractivity contribution in [2.45, 2.75) is 25.7 Å². The molecule has 4 nitrogen and oxygen atoms in total. The van der Waals surface area contributed by atoms with Gasteiger partial charge in [0, 0.05) is 34.7 Å². The summed E-state index contributed by atoms with van der Waals surface area (Å²) in [5.74, 6) is 1.85. The van der Waals surface area contributed by atoms with Crippen molar-refractivity contribution in [1.29, 1.82) is 0 Å². The Hall–Kier alpha value is -6.52. The maximum Gasteiger partial charge on any atom is 0.182 e. The lowest BCUT2D eigenvalue weighted by atomic mass is 9.82. The summed E-state index contributed by atoms with van der Waals surface area (Å²) in [7, 11) is 0. The first-order chi connectivity index (χ1) is 25.5. The lowest BCUT2D eigenvalue weighted by Crippen LogP contribution is -2.15. The number of rotatable bonds is 5. The Morgan fingerprint density at radius 2 is 0.942 bits per heavy atom. The van der Waals surface area contributed by atoms with Gasteiger partial charge in [-0.1, -0.05) is 159 Å². The third-order valence-corrected chi connectivity index (χ3v) is 10.9. The van der Waals surface area contributed by atoms with Crippen LogP contribution in [0.1, 0.15) is 36.1 Å². The molecule has 0 fully saturated rings. The highest BCUT2D eigenvalue weighted by Gasteiger charge is 2.36. The molecule has 0 atom stereocenters. The predicted molar refractivity (Wildman–Crippen MR) is 211 cm³/mol. The van der Waals surface area contributed by atoms with Crippen LogP contribution in [0.15, 0.2) is 158 Å². The molecule has 0 amide bonds. The van der Waals surface area contributed by atoms with E-state index < -0.39 is 0 Å². The van der Waals surface area contributed by atoms with Crippen molar-refractivity contribution in [3.8, 4) is 78.8 Å².